The minimum absolute atomic E-state index is 0.283. The van der Waals surface area contributed by atoms with Crippen LogP contribution in [0.2, 0.25) is 0 Å². The van der Waals surface area contributed by atoms with Crippen molar-refractivity contribution in [1.29, 1.82) is 0 Å². The summed E-state index contributed by atoms with van der Waals surface area (Å²) >= 11 is 5.35. The Balaban J connectivity index is 1.65. The molecule has 2 nitrogen and oxygen atoms in total. The molecule has 1 atom stereocenters. The molecule has 2 aliphatic carbocycles. The topological polar surface area (TPSA) is 24.1 Å². The molecule has 0 saturated heterocycles. The molecule has 0 spiro atoms. The van der Waals surface area contributed by atoms with Crippen LogP contribution in [0.4, 0.5) is 0 Å². The maximum absolute atomic E-state index is 5.35. The van der Waals surface area contributed by atoms with Crippen molar-refractivity contribution >= 4 is 17.3 Å². The Bertz CT molecular complexity index is 480. The van der Waals surface area contributed by atoms with Crippen molar-refractivity contribution in [3.8, 4) is 0 Å². The van der Waals surface area contributed by atoms with Gasteiger partial charge in [-0.25, -0.2) is 0 Å². The molecule has 3 heteroatoms. The molecule has 102 valence electrons. The van der Waals surface area contributed by atoms with Gasteiger partial charge in [-0.05, 0) is 74.4 Å². The van der Waals surface area contributed by atoms with Gasteiger partial charge in [-0.1, -0.05) is 18.2 Å². The zero-order valence-corrected chi connectivity index (χ0v) is 12.4. The molecule has 19 heavy (non-hydrogen) atoms. The van der Waals surface area contributed by atoms with Crippen LogP contribution >= 0.6 is 12.2 Å². The third-order valence-electron chi connectivity index (χ3n) is 4.13. The fraction of sp³-hybridized carbons (Fsp3) is 0.562. The van der Waals surface area contributed by atoms with Gasteiger partial charge < -0.3 is 10.6 Å². The molecule has 0 heterocycles. The molecule has 0 bridgehead atoms. The predicted molar refractivity (Wildman–Crippen MR) is 83.4 cm³/mol. The molecule has 0 aliphatic heterocycles. The molecule has 2 N–H and O–H groups in total. The van der Waals surface area contributed by atoms with Crippen molar-refractivity contribution in [3.63, 3.8) is 0 Å². The minimum atomic E-state index is 0.283. The molecule has 1 saturated carbocycles. The van der Waals surface area contributed by atoms with Gasteiger partial charge in [0, 0.05) is 6.04 Å². The lowest BCUT2D eigenvalue weighted by atomic mass is 9.89. The van der Waals surface area contributed by atoms with Gasteiger partial charge in [0.05, 0.1) is 6.04 Å². The summed E-state index contributed by atoms with van der Waals surface area (Å²) in [4.78, 5) is 0. The number of hydrogen-bond donors (Lipinski definition) is 2. The lowest BCUT2D eigenvalue weighted by Gasteiger charge is -2.21. The van der Waals surface area contributed by atoms with E-state index in [1.807, 2.05) is 0 Å². The van der Waals surface area contributed by atoms with Gasteiger partial charge in [0.15, 0.2) is 5.11 Å². The summed E-state index contributed by atoms with van der Waals surface area (Å²) in [5.41, 5.74) is 4.43. The Morgan fingerprint density at radius 1 is 1.21 bits per heavy atom. The molecule has 1 fully saturated rings. The first-order valence-electron chi connectivity index (χ1n) is 7.41. The van der Waals surface area contributed by atoms with Crippen molar-refractivity contribution < 1.29 is 0 Å². The molecule has 0 radical (unpaired) electrons. The average molecular weight is 274 g/mol. The molecule has 1 aromatic carbocycles. The molecule has 1 aromatic rings. The first-order valence-corrected chi connectivity index (χ1v) is 7.82. The van der Waals surface area contributed by atoms with E-state index in [9.17, 15) is 0 Å². The highest BCUT2D eigenvalue weighted by Crippen LogP contribution is 2.25. The SMILES string of the molecule is C[C@@H](NC(=S)NC1CC1)c1ccc2c(c1)CCCC2. The second-order valence-corrected chi connectivity index (χ2v) is 6.26. The Hall–Kier alpha value is -1.09. The van der Waals surface area contributed by atoms with Crippen molar-refractivity contribution in [2.45, 2.75) is 57.5 Å². The number of thiocarbonyl (C=S) groups is 1. The zero-order chi connectivity index (χ0) is 13.2. The van der Waals surface area contributed by atoms with E-state index in [0.717, 1.165) is 5.11 Å². The van der Waals surface area contributed by atoms with Gasteiger partial charge in [0.1, 0.15) is 0 Å². The highest BCUT2D eigenvalue weighted by Gasteiger charge is 2.22. The maximum atomic E-state index is 5.35. The van der Waals surface area contributed by atoms with E-state index in [4.69, 9.17) is 12.2 Å². The van der Waals surface area contributed by atoms with Gasteiger partial charge in [-0.2, -0.15) is 0 Å². The Labute approximate surface area is 121 Å². The molecule has 0 amide bonds. The van der Waals surface area contributed by atoms with Crippen LogP contribution in [0.15, 0.2) is 18.2 Å². The van der Waals surface area contributed by atoms with Gasteiger partial charge >= 0.3 is 0 Å². The largest absolute Gasteiger partial charge is 0.360 e. The molecular formula is C16H22N2S. The smallest absolute Gasteiger partial charge is 0.166 e. The van der Waals surface area contributed by atoms with Crippen LogP contribution in [0.1, 0.15) is 55.3 Å². The quantitative estimate of drug-likeness (QED) is 0.827. The predicted octanol–water partition coefficient (Wildman–Crippen LogP) is 3.25. The summed E-state index contributed by atoms with van der Waals surface area (Å²) < 4.78 is 0. The van der Waals surface area contributed by atoms with Crippen molar-refractivity contribution in [1.82, 2.24) is 10.6 Å². The zero-order valence-electron chi connectivity index (χ0n) is 11.5. The van der Waals surface area contributed by atoms with E-state index in [0.29, 0.717) is 6.04 Å². The first kappa shape index (κ1) is 12.9. The van der Waals surface area contributed by atoms with Gasteiger partial charge in [0.25, 0.3) is 0 Å². The summed E-state index contributed by atoms with van der Waals surface area (Å²) in [6, 6.07) is 7.83. The average Bonchev–Trinajstić information content (AvgIpc) is 3.21. The summed E-state index contributed by atoms with van der Waals surface area (Å²) in [5, 5.41) is 7.53. The van der Waals surface area contributed by atoms with E-state index in [2.05, 4.69) is 35.8 Å². The summed E-state index contributed by atoms with van der Waals surface area (Å²) in [6.45, 7) is 2.19. The standard InChI is InChI=1S/C16H22N2S/c1-11(17-16(19)18-15-8-9-15)13-7-6-12-4-2-3-5-14(12)10-13/h6-7,10-11,15H,2-5,8-9H2,1H3,(H2,17,18,19)/t11-/m1/s1. The first-order chi connectivity index (χ1) is 9.22. The molecule has 2 aliphatic rings. The molecule has 3 rings (SSSR count). The van der Waals surface area contributed by atoms with E-state index in [-0.39, 0.29) is 6.04 Å². The third-order valence-corrected chi connectivity index (χ3v) is 4.37. The lowest BCUT2D eigenvalue weighted by molar-refractivity contribution is 0.670. The summed E-state index contributed by atoms with van der Waals surface area (Å²) in [7, 11) is 0. The fourth-order valence-corrected chi connectivity index (χ4v) is 3.10. The minimum Gasteiger partial charge on any atom is -0.360 e. The number of benzene rings is 1. The van der Waals surface area contributed by atoms with Crippen LogP contribution in [0, 0.1) is 0 Å². The van der Waals surface area contributed by atoms with Crippen LogP contribution < -0.4 is 10.6 Å². The van der Waals surface area contributed by atoms with Crippen LogP contribution in [0.25, 0.3) is 0 Å². The summed E-state index contributed by atoms with van der Waals surface area (Å²) in [6.07, 6.45) is 7.68. The van der Waals surface area contributed by atoms with Crippen molar-refractivity contribution in [2.24, 2.45) is 0 Å². The van der Waals surface area contributed by atoms with E-state index >= 15 is 0 Å². The monoisotopic (exact) mass is 274 g/mol. The fourth-order valence-electron chi connectivity index (χ4n) is 2.76. The number of hydrogen-bond acceptors (Lipinski definition) is 1. The van der Waals surface area contributed by atoms with E-state index < -0.39 is 0 Å². The molecule has 0 aromatic heterocycles. The second kappa shape index (κ2) is 5.49. The number of fused-ring (bicyclic) bond motifs is 1. The maximum Gasteiger partial charge on any atom is 0.166 e. The van der Waals surface area contributed by atoms with E-state index in [1.165, 1.54) is 44.1 Å². The number of aryl methyl sites for hydroxylation is 2. The summed E-state index contributed by atoms with van der Waals surface area (Å²) in [5.74, 6) is 0. The van der Waals surface area contributed by atoms with Crippen molar-refractivity contribution in [2.75, 3.05) is 0 Å². The second-order valence-electron chi connectivity index (χ2n) is 5.85. The van der Waals surface area contributed by atoms with Crippen molar-refractivity contribution in [3.05, 3.63) is 34.9 Å². The Morgan fingerprint density at radius 2 is 1.95 bits per heavy atom. The number of rotatable bonds is 3. The molecular weight excluding hydrogens is 252 g/mol. The lowest BCUT2D eigenvalue weighted by Crippen LogP contribution is -2.37. The van der Waals surface area contributed by atoms with Gasteiger partial charge in [0.2, 0.25) is 0 Å². The highest BCUT2D eigenvalue weighted by molar-refractivity contribution is 7.80. The Kier molecular flexibility index (Phi) is 3.74. The van der Waals surface area contributed by atoms with Crippen LogP contribution in [-0.4, -0.2) is 11.2 Å². The van der Waals surface area contributed by atoms with Gasteiger partial charge in [-0.3, -0.25) is 0 Å². The Morgan fingerprint density at radius 3 is 2.68 bits per heavy atom. The third kappa shape index (κ3) is 3.27. The number of nitrogens with one attached hydrogen (secondary N) is 2. The highest BCUT2D eigenvalue weighted by atomic mass is 32.1. The normalized spacial score (nSPS) is 19.4. The van der Waals surface area contributed by atoms with E-state index in [1.54, 1.807) is 11.1 Å². The van der Waals surface area contributed by atoms with Crippen LogP contribution in [0.3, 0.4) is 0 Å². The van der Waals surface area contributed by atoms with Gasteiger partial charge in [-0.15, -0.1) is 0 Å². The molecule has 0 unspecified atom stereocenters. The van der Waals surface area contributed by atoms with Crippen LogP contribution in [0.5, 0.6) is 0 Å². The van der Waals surface area contributed by atoms with Crippen LogP contribution in [-0.2, 0) is 12.8 Å².